The van der Waals surface area contributed by atoms with E-state index in [1.807, 2.05) is 24.3 Å². The summed E-state index contributed by atoms with van der Waals surface area (Å²) in [5.41, 5.74) is 0.758. The number of benzene rings is 1. The minimum Gasteiger partial charge on any atom is -0.294 e. The van der Waals surface area contributed by atoms with Gasteiger partial charge in [-0.25, -0.2) is 4.68 Å². The summed E-state index contributed by atoms with van der Waals surface area (Å²) in [6, 6.07) is 7.44. The molecule has 0 N–H and O–H groups in total. The van der Waals surface area contributed by atoms with E-state index in [0.29, 0.717) is 6.42 Å². The van der Waals surface area contributed by atoms with E-state index in [4.69, 9.17) is 0 Å². The summed E-state index contributed by atoms with van der Waals surface area (Å²) >= 11 is 4.91. The number of ketones is 1. The maximum absolute atomic E-state index is 11.9. The van der Waals surface area contributed by atoms with E-state index >= 15 is 0 Å². The Labute approximate surface area is 123 Å². The van der Waals surface area contributed by atoms with Gasteiger partial charge in [-0.15, -0.1) is 5.10 Å². The summed E-state index contributed by atoms with van der Waals surface area (Å²) in [6.45, 7) is 0. The SMILES string of the molecule is Cn1nnnc1SCCCC(=O)c1ccc(Br)cc1. The van der Waals surface area contributed by atoms with Gasteiger partial charge < -0.3 is 0 Å². The molecule has 0 atom stereocenters. The Balaban J connectivity index is 1.75. The summed E-state index contributed by atoms with van der Waals surface area (Å²) < 4.78 is 2.61. The number of tetrazole rings is 1. The number of aryl methyl sites for hydroxylation is 1. The lowest BCUT2D eigenvalue weighted by Crippen LogP contribution is -2.00. The molecule has 2 rings (SSSR count). The lowest BCUT2D eigenvalue weighted by atomic mass is 10.1. The van der Waals surface area contributed by atoms with Crippen molar-refractivity contribution in [2.24, 2.45) is 7.05 Å². The van der Waals surface area contributed by atoms with Gasteiger partial charge in [-0.1, -0.05) is 39.8 Å². The predicted octanol–water partition coefficient (Wildman–Crippen LogP) is 2.73. The van der Waals surface area contributed by atoms with E-state index in [2.05, 4.69) is 31.5 Å². The predicted molar refractivity (Wildman–Crippen MR) is 77.2 cm³/mol. The number of aromatic nitrogens is 4. The van der Waals surface area contributed by atoms with Crippen LogP contribution >= 0.6 is 27.7 Å². The van der Waals surface area contributed by atoms with Crippen molar-refractivity contribution < 1.29 is 4.79 Å². The molecule has 0 fully saturated rings. The fourth-order valence-corrected chi connectivity index (χ4v) is 2.57. The van der Waals surface area contributed by atoms with E-state index in [0.717, 1.165) is 27.4 Å². The molecule has 2 aromatic rings. The number of hydrogen-bond acceptors (Lipinski definition) is 5. The second kappa shape index (κ2) is 6.81. The number of thioether (sulfide) groups is 1. The van der Waals surface area contributed by atoms with Crippen LogP contribution in [-0.2, 0) is 7.05 Å². The van der Waals surface area contributed by atoms with Gasteiger partial charge in [0.1, 0.15) is 0 Å². The van der Waals surface area contributed by atoms with Crippen LogP contribution in [0.5, 0.6) is 0 Å². The molecule has 1 aromatic heterocycles. The number of rotatable bonds is 6. The van der Waals surface area contributed by atoms with Crippen molar-refractivity contribution in [2.75, 3.05) is 5.75 Å². The summed E-state index contributed by atoms with van der Waals surface area (Å²) in [4.78, 5) is 11.9. The van der Waals surface area contributed by atoms with Gasteiger partial charge in [0, 0.05) is 29.3 Å². The molecule has 0 aliphatic carbocycles. The molecule has 19 heavy (non-hydrogen) atoms. The van der Waals surface area contributed by atoms with Crippen molar-refractivity contribution in [2.45, 2.75) is 18.0 Å². The first kappa shape index (κ1) is 14.2. The van der Waals surface area contributed by atoms with E-state index in [1.165, 1.54) is 0 Å². The minimum atomic E-state index is 0.171. The Hall–Kier alpha value is -1.21. The smallest absolute Gasteiger partial charge is 0.209 e. The minimum absolute atomic E-state index is 0.171. The van der Waals surface area contributed by atoms with Crippen LogP contribution in [0.1, 0.15) is 23.2 Å². The summed E-state index contributed by atoms with van der Waals surface area (Å²) in [7, 11) is 1.80. The van der Waals surface area contributed by atoms with E-state index in [9.17, 15) is 4.79 Å². The van der Waals surface area contributed by atoms with Crippen LogP contribution in [0.3, 0.4) is 0 Å². The van der Waals surface area contributed by atoms with Crippen molar-refractivity contribution in [3.8, 4) is 0 Å². The van der Waals surface area contributed by atoms with Crippen molar-refractivity contribution in [1.29, 1.82) is 0 Å². The highest BCUT2D eigenvalue weighted by molar-refractivity contribution is 9.10. The molecule has 0 aliphatic rings. The van der Waals surface area contributed by atoms with Crippen molar-refractivity contribution in [3.63, 3.8) is 0 Å². The maximum atomic E-state index is 11.9. The molecule has 100 valence electrons. The van der Waals surface area contributed by atoms with Crippen LogP contribution in [0.4, 0.5) is 0 Å². The zero-order valence-electron chi connectivity index (χ0n) is 10.4. The van der Waals surface area contributed by atoms with Crippen molar-refractivity contribution in [3.05, 3.63) is 34.3 Å². The quantitative estimate of drug-likeness (QED) is 0.459. The summed E-state index contributed by atoms with van der Waals surface area (Å²) in [5.74, 6) is 1.00. The first-order valence-corrected chi connectivity index (χ1v) is 7.58. The highest BCUT2D eigenvalue weighted by Gasteiger charge is 2.07. The summed E-state index contributed by atoms with van der Waals surface area (Å²) in [6.07, 6.45) is 1.35. The number of carbonyl (C=O) groups excluding carboxylic acids is 1. The third-order valence-electron chi connectivity index (χ3n) is 2.53. The molecular formula is C12H13BrN4OS. The fourth-order valence-electron chi connectivity index (χ4n) is 1.52. The molecule has 5 nitrogen and oxygen atoms in total. The number of carbonyl (C=O) groups is 1. The first-order valence-electron chi connectivity index (χ1n) is 5.81. The van der Waals surface area contributed by atoms with Crippen LogP contribution in [0.25, 0.3) is 0 Å². The van der Waals surface area contributed by atoms with Gasteiger partial charge in [0.25, 0.3) is 0 Å². The fraction of sp³-hybridized carbons (Fsp3) is 0.333. The third-order valence-corrected chi connectivity index (χ3v) is 4.15. The zero-order valence-corrected chi connectivity index (χ0v) is 12.8. The molecule has 0 aliphatic heterocycles. The Morgan fingerprint density at radius 1 is 1.37 bits per heavy atom. The standard InChI is InChI=1S/C12H13BrN4OS/c1-17-12(14-15-16-17)19-8-2-3-11(18)9-4-6-10(13)7-5-9/h4-7H,2-3,8H2,1H3. The van der Waals surface area contributed by atoms with Gasteiger partial charge in [0.2, 0.25) is 5.16 Å². The monoisotopic (exact) mass is 340 g/mol. The molecule has 0 spiro atoms. The van der Waals surface area contributed by atoms with Crippen LogP contribution in [0, 0.1) is 0 Å². The molecular weight excluding hydrogens is 328 g/mol. The molecule has 0 radical (unpaired) electrons. The molecule has 0 saturated carbocycles. The van der Waals surface area contributed by atoms with Crippen LogP contribution < -0.4 is 0 Å². The largest absolute Gasteiger partial charge is 0.294 e. The Morgan fingerprint density at radius 2 is 2.11 bits per heavy atom. The molecule has 0 saturated heterocycles. The lowest BCUT2D eigenvalue weighted by Gasteiger charge is -2.01. The van der Waals surface area contributed by atoms with E-state index in [1.54, 1.807) is 23.5 Å². The van der Waals surface area contributed by atoms with Gasteiger partial charge in [0.05, 0.1) is 0 Å². The van der Waals surface area contributed by atoms with Crippen molar-refractivity contribution in [1.82, 2.24) is 20.2 Å². The highest BCUT2D eigenvalue weighted by atomic mass is 79.9. The molecule has 1 aromatic carbocycles. The molecule has 0 amide bonds. The van der Waals surface area contributed by atoms with Crippen LogP contribution in [0.2, 0.25) is 0 Å². The molecule has 7 heteroatoms. The van der Waals surface area contributed by atoms with Gasteiger partial charge >= 0.3 is 0 Å². The van der Waals surface area contributed by atoms with Crippen LogP contribution in [0.15, 0.2) is 33.9 Å². The first-order chi connectivity index (χ1) is 9.16. The highest BCUT2D eigenvalue weighted by Crippen LogP contribution is 2.16. The topological polar surface area (TPSA) is 60.7 Å². The number of halogens is 1. The van der Waals surface area contributed by atoms with E-state index < -0.39 is 0 Å². The Morgan fingerprint density at radius 3 is 2.74 bits per heavy atom. The zero-order chi connectivity index (χ0) is 13.7. The van der Waals surface area contributed by atoms with Crippen LogP contribution in [-0.4, -0.2) is 31.7 Å². The molecule has 0 unspecified atom stereocenters. The summed E-state index contributed by atoms with van der Waals surface area (Å²) in [5, 5.41) is 12.0. The van der Waals surface area contributed by atoms with E-state index in [-0.39, 0.29) is 5.78 Å². The molecule has 1 heterocycles. The normalized spacial score (nSPS) is 10.6. The average Bonchev–Trinajstić information content (AvgIpc) is 2.81. The van der Waals surface area contributed by atoms with Gasteiger partial charge in [-0.2, -0.15) is 0 Å². The number of nitrogens with zero attached hydrogens (tertiary/aromatic N) is 4. The second-order valence-corrected chi connectivity index (χ2v) is 5.94. The maximum Gasteiger partial charge on any atom is 0.209 e. The lowest BCUT2D eigenvalue weighted by molar-refractivity contribution is 0.0982. The van der Waals surface area contributed by atoms with Gasteiger partial charge in [0.15, 0.2) is 5.78 Å². The number of hydrogen-bond donors (Lipinski definition) is 0. The Bertz CT molecular complexity index is 555. The van der Waals surface area contributed by atoms with Crippen molar-refractivity contribution >= 4 is 33.5 Å². The van der Waals surface area contributed by atoms with Gasteiger partial charge in [-0.05, 0) is 29.0 Å². The van der Waals surface area contributed by atoms with Gasteiger partial charge in [-0.3, -0.25) is 4.79 Å². The Kier molecular flexibility index (Phi) is 5.09. The number of Topliss-reactive ketones (excluding diaryl/α,β-unsaturated/α-hetero) is 1. The average molecular weight is 341 g/mol. The third kappa shape index (κ3) is 4.14. The second-order valence-electron chi connectivity index (χ2n) is 3.97. The molecule has 0 bridgehead atoms.